The van der Waals surface area contributed by atoms with Crippen LogP contribution in [0.25, 0.3) is 0 Å². The Morgan fingerprint density at radius 3 is 1.34 bits per heavy atom. The van der Waals surface area contributed by atoms with E-state index in [4.69, 9.17) is 0 Å². The Hall–Kier alpha value is -3.51. The second-order valence-electron chi connectivity index (χ2n) is 6.18. The highest BCUT2D eigenvalue weighted by Crippen LogP contribution is 2.32. The summed E-state index contributed by atoms with van der Waals surface area (Å²) in [5.41, 5.74) is 1.24. The van der Waals surface area contributed by atoms with Crippen molar-refractivity contribution in [3.05, 3.63) is 97.1 Å². The lowest BCUT2D eigenvalue weighted by Crippen LogP contribution is -2.41. The van der Waals surface area contributed by atoms with Crippen LogP contribution in [-0.4, -0.2) is 21.4 Å². The summed E-state index contributed by atoms with van der Waals surface area (Å²) in [5, 5.41) is 4.11. The average Bonchev–Trinajstić information content (AvgIpc) is 3.04. The number of hydrogen-bond acceptors (Lipinski definition) is 3. The summed E-state index contributed by atoms with van der Waals surface area (Å²) >= 11 is 0.270. The molecule has 0 radical (unpaired) electrons. The number of rotatable bonds is 4. The predicted octanol–water partition coefficient (Wildman–Crippen LogP) is 3.69. The highest BCUT2D eigenvalue weighted by molar-refractivity contribution is 7.64. The van der Waals surface area contributed by atoms with Gasteiger partial charge in [0.25, 0.3) is 11.8 Å². The van der Waals surface area contributed by atoms with Gasteiger partial charge in [0.1, 0.15) is 5.92 Å². The molecular formula is C23H20N2O3S. The van der Waals surface area contributed by atoms with Gasteiger partial charge in [-0.3, -0.25) is 9.59 Å². The lowest BCUT2D eigenvalue weighted by Gasteiger charge is -2.27. The number of carbonyl (C=O) groups is 2. The van der Waals surface area contributed by atoms with Crippen molar-refractivity contribution in [1.29, 1.82) is 0 Å². The summed E-state index contributed by atoms with van der Waals surface area (Å²) in [6, 6.07) is 30.0. The number of anilines is 2. The summed E-state index contributed by atoms with van der Waals surface area (Å²) in [5.74, 6) is -1.51. The molecule has 3 aromatic rings. The maximum Gasteiger partial charge on any atom is 0.259 e. The van der Waals surface area contributed by atoms with E-state index in [1.807, 2.05) is 72.8 Å². The van der Waals surface area contributed by atoms with Gasteiger partial charge in [-0.1, -0.05) is 72.8 Å². The van der Waals surface area contributed by atoms with Gasteiger partial charge in [0, 0.05) is 5.37 Å². The fourth-order valence-electron chi connectivity index (χ4n) is 2.94. The largest absolute Gasteiger partial charge is 0.272 e. The molecule has 1 saturated heterocycles. The zero-order chi connectivity index (χ0) is 20.5. The maximum absolute atomic E-state index is 12.7. The monoisotopic (exact) mass is 404 g/mol. The fourth-order valence-corrected chi connectivity index (χ4v) is 3.21. The molecule has 0 atom stereocenters. The fraction of sp³-hybridized carbons (Fsp3) is 0.0870. The van der Waals surface area contributed by atoms with Crippen molar-refractivity contribution in [1.82, 2.24) is 0 Å². The minimum absolute atomic E-state index is 0.124. The van der Waals surface area contributed by atoms with E-state index in [1.165, 1.54) is 15.4 Å². The Kier molecular flexibility index (Phi) is 7.08. The van der Waals surface area contributed by atoms with Crippen LogP contribution in [0.4, 0.5) is 11.4 Å². The molecule has 6 heteroatoms. The van der Waals surface area contributed by atoms with Gasteiger partial charge in [-0.15, -0.1) is 0 Å². The first-order valence-electron chi connectivity index (χ1n) is 9.12. The molecule has 1 heterocycles. The van der Waals surface area contributed by atoms with E-state index in [9.17, 15) is 13.8 Å². The van der Waals surface area contributed by atoms with E-state index < -0.39 is 5.92 Å². The van der Waals surface area contributed by atoms with Crippen molar-refractivity contribution in [2.75, 3.05) is 10.0 Å². The Morgan fingerprint density at radius 1 is 0.655 bits per heavy atom. The first kappa shape index (κ1) is 20.2. The molecule has 0 spiro atoms. The van der Waals surface area contributed by atoms with Gasteiger partial charge in [0.05, 0.1) is 22.6 Å². The van der Waals surface area contributed by atoms with Gasteiger partial charge in [0.15, 0.2) is 0 Å². The molecule has 1 fully saturated rings. The molecule has 0 unspecified atom stereocenters. The molecule has 0 bridgehead atoms. The third-order valence-corrected chi connectivity index (χ3v) is 4.61. The molecule has 1 aliphatic rings. The number of para-hydroxylation sites is 2. The molecule has 0 N–H and O–H groups in total. The topological polar surface area (TPSA) is 57.7 Å². The van der Waals surface area contributed by atoms with Crippen LogP contribution in [0.5, 0.6) is 0 Å². The Bertz CT molecular complexity index is 906. The number of hydrogen-bond donors (Lipinski definition) is 0. The summed E-state index contributed by atoms with van der Waals surface area (Å²) in [6.45, 7) is 0. The highest BCUT2D eigenvalue weighted by Gasteiger charge is 2.46. The predicted molar refractivity (Wildman–Crippen MR) is 117 cm³/mol. The van der Waals surface area contributed by atoms with Crippen LogP contribution >= 0.6 is 0 Å². The smallest absolute Gasteiger partial charge is 0.259 e. The summed E-state index contributed by atoms with van der Waals surface area (Å²) in [7, 11) is 0. The first-order valence-corrected chi connectivity index (χ1v) is 9.92. The minimum Gasteiger partial charge on any atom is -0.272 e. The molecule has 0 saturated carbocycles. The van der Waals surface area contributed by atoms with Crippen LogP contribution in [0.15, 0.2) is 97.1 Å². The molecular weight excluding hydrogens is 384 g/mol. The van der Waals surface area contributed by atoms with Crippen LogP contribution in [0.2, 0.25) is 0 Å². The summed E-state index contributed by atoms with van der Waals surface area (Å²) < 4.78 is 10.6. The van der Waals surface area contributed by atoms with Gasteiger partial charge in [-0.2, -0.15) is 0 Å². The molecule has 0 aliphatic carbocycles. The van der Waals surface area contributed by atoms with Crippen molar-refractivity contribution in [2.24, 2.45) is 5.92 Å². The molecule has 2 amide bonds. The van der Waals surface area contributed by atoms with E-state index in [1.54, 1.807) is 24.3 Å². The Morgan fingerprint density at radius 2 is 1.00 bits per heavy atom. The second-order valence-corrected chi connectivity index (χ2v) is 6.70. The number of nitrogens with zero attached hydrogens (tertiary/aromatic N) is 2. The van der Waals surface area contributed by atoms with Gasteiger partial charge >= 0.3 is 0 Å². The molecule has 4 rings (SSSR count). The molecule has 29 heavy (non-hydrogen) atoms. The maximum atomic E-state index is 12.7. The van der Waals surface area contributed by atoms with E-state index >= 15 is 0 Å². The van der Waals surface area contributed by atoms with Crippen molar-refractivity contribution in [3.8, 4) is 0 Å². The number of benzene rings is 3. The van der Waals surface area contributed by atoms with E-state index in [0.717, 1.165) is 0 Å². The molecule has 146 valence electrons. The van der Waals surface area contributed by atoms with Crippen LogP contribution < -0.4 is 10.0 Å². The first-order chi connectivity index (χ1) is 14.2. The molecule has 0 aromatic heterocycles. The number of amides is 2. The highest BCUT2D eigenvalue weighted by atomic mass is 32.1. The quantitative estimate of drug-likeness (QED) is 0.492. The van der Waals surface area contributed by atoms with Crippen LogP contribution in [0.1, 0.15) is 6.42 Å². The van der Waals surface area contributed by atoms with Crippen molar-refractivity contribution in [3.63, 3.8) is 0 Å². The molecule has 5 nitrogen and oxygen atoms in total. The molecule has 3 aromatic carbocycles. The van der Waals surface area contributed by atoms with E-state index in [2.05, 4.69) is 0 Å². The SMILES string of the molecule is O=S=CCC1C(=O)N(c2ccccc2)N(c2ccccc2)C1=O.c1ccccc1. The summed E-state index contributed by atoms with van der Waals surface area (Å²) in [4.78, 5) is 25.5. The molecule has 1 aliphatic heterocycles. The Labute approximate surface area is 173 Å². The van der Waals surface area contributed by atoms with Crippen LogP contribution in [0.3, 0.4) is 0 Å². The van der Waals surface area contributed by atoms with Crippen LogP contribution in [0, 0.1) is 5.92 Å². The van der Waals surface area contributed by atoms with Gasteiger partial charge < -0.3 is 0 Å². The second kappa shape index (κ2) is 10.1. The Balaban J connectivity index is 0.000000343. The van der Waals surface area contributed by atoms with Crippen molar-refractivity contribution < 1.29 is 13.8 Å². The third kappa shape index (κ3) is 4.86. The standard InChI is InChI=1S/C17H14N2O3S.C6H6/c20-16-15(11-12-23-22)17(21)19(14-9-5-2-6-10-14)18(16)13-7-3-1-4-8-13;1-2-4-6-5-3-1/h1-10,12,15H,11H2;1-6H. The lowest BCUT2D eigenvalue weighted by atomic mass is 10.1. The number of hydrazine groups is 1. The zero-order valence-corrected chi connectivity index (χ0v) is 16.4. The van der Waals surface area contributed by atoms with Gasteiger partial charge in [-0.25, -0.2) is 14.2 Å². The zero-order valence-electron chi connectivity index (χ0n) is 15.6. The van der Waals surface area contributed by atoms with Crippen molar-refractivity contribution >= 4 is 39.8 Å². The number of carbonyl (C=O) groups excluding carboxylic acids is 2. The van der Waals surface area contributed by atoms with E-state index in [0.29, 0.717) is 11.4 Å². The normalized spacial score (nSPS) is 13.7. The average molecular weight is 404 g/mol. The third-order valence-electron chi connectivity index (χ3n) is 4.28. The lowest BCUT2D eigenvalue weighted by molar-refractivity contribution is -0.126. The van der Waals surface area contributed by atoms with Crippen LogP contribution in [-0.2, 0) is 20.8 Å². The summed E-state index contributed by atoms with van der Waals surface area (Å²) in [6.07, 6.45) is 0.124. The van der Waals surface area contributed by atoms with Gasteiger partial charge in [0.2, 0.25) is 0 Å². The minimum atomic E-state index is -0.864. The van der Waals surface area contributed by atoms with Gasteiger partial charge in [-0.05, 0) is 30.7 Å². The van der Waals surface area contributed by atoms with E-state index in [-0.39, 0.29) is 29.5 Å². The van der Waals surface area contributed by atoms with Crippen molar-refractivity contribution in [2.45, 2.75) is 6.42 Å².